The highest BCUT2D eigenvalue weighted by atomic mass is 16.1. The van der Waals surface area contributed by atoms with Crippen LogP contribution in [0.3, 0.4) is 0 Å². The van der Waals surface area contributed by atoms with Gasteiger partial charge in [0.1, 0.15) is 0 Å². The molecule has 1 amide bonds. The predicted molar refractivity (Wildman–Crippen MR) is 75.1 cm³/mol. The second kappa shape index (κ2) is 7.74. The summed E-state index contributed by atoms with van der Waals surface area (Å²) in [6.07, 6.45) is 6.64. The van der Waals surface area contributed by atoms with Crippen LogP contribution in [0.1, 0.15) is 52.4 Å². The van der Waals surface area contributed by atoms with Crippen LogP contribution in [0.15, 0.2) is 0 Å². The van der Waals surface area contributed by atoms with Gasteiger partial charge in [-0.3, -0.25) is 9.69 Å². The normalized spacial score (nSPS) is 18.7. The number of carbonyl (C=O) groups excluding carboxylic acids is 1. The first-order valence-corrected chi connectivity index (χ1v) is 7.28. The average Bonchev–Trinajstić information content (AvgIpc) is 2.80. The fourth-order valence-electron chi connectivity index (χ4n) is 2.87. The van der Waals surface area contributed by atoms with Gasteiger partial charge in [0, 0.05) is 25.0 Å². The molecule has 1 unspecified atom stereocenters. The quantitative estimate of drug-likeness (QED) is 0.690. The molecule has 0 radical (unpaired) electrons. The van der Waals surface area contributed by atoms with E-state index in [9.17, 15) is 4.79 Å². The summed E-state index contributed by atoms with van der Waals surface area (Å²) in [6, 6.07) is 0.737. The minimum Gasteiger partial charge on any atom is -0.370 e. The molecule has 0 aromatic carbocycles. The SMILES string of the molecule is CC(C)CCN(C1CCCC1)C(CN)CC(N)=O. The van der Waals surface area contributed by atoms with Crippen molar-refractivity contribution in [2.45, 2.75) is 64.5 Å². The minimum absolute atomic E-state index is 0.129. The van der Waals surface area contributed by atoms with Gasteiger partial charge in [0.15, 0.2) is 0 Å². The standard InChI is InChI=1S/C14H29N3O/c1-11(2)7-8-17(12-5-3-4-6-12)13(10-15)9-14(16)18/h11-13H,3-10,15H2,1-2H3,(H2,16,18). The minimum atomic E-state index is -0.238. The first-order valence-electron chi connectivity index (χ1n) is 7.28. The van der Waals surface area contributed by atoms with E-state index in [1.165, 1.54) is 25.7 Å². The Balaban J connectivity index is 2.63. The van der Waals surface area contributed by atoms with Crippen molar-refractivity contribution in [1.29, 1.82) is 0 Å². The smallest absolute Gasteiger partial charge is 0.219 e. The van der Waals surface area contributed by atoms with Crippen molar-refractivity contribution in [3.05, 3.63) is 0 Å². The zero-order valence-corrected chi connectivity index (χ0v) is 11.9. The van der Waals surface area contributed by atoms with Crippen LogP contribution in [0.4, 0.5) is 0 Å². The fraction of sp³-hybridized carbons (Fsp3) is 0.929. The highest BCUT2D eigenvalue weighted by Gasteiger charge is 2.28. The molecule has 106 valence electrons. The highest BCUT2D eigenvalue weighted by Crippen LogP contribution is 2.26. The molecule has 0 saturated heterocycles. The molecule has 18 heavy (non-hydrogen) atoms. The molecule has 1 aliphatic rings. The first-order chi connectivity index (χ1) is 8.54. The van der Waals surface area contributed by atoms with Gasteiger partial charge in [0.05, 0.1) is 0 Å². The molecule has 0 spiro atoms. The summed E-state index contributed by atoms with van der Waals surface area (Å²) < 4.78 is 0. The van der Waals surface area contributed by atoms with E-state index in [0.29, 0.717) is 24.9 Å². The van der Waals surface area contributed by atoms with Gasteiger partial charge in [0.25, 0.3) is 0 Å². The summed E-state index contributed by atoms with van der Waals surface area (Å²) in [5.74, 6) is 0.443. The van der Waals surface area contributed by atoms with E-state index in [2.05, 4.69) is 18.7 Å². The van der Waals surface area contributed by atoms with Gasteiger partial charge in [-0.2, -0.15) is 0 Å². The molecule has 0 aromatic heterocycles. The molecule has 1 aliphatic carbocycles. The molecule has 1 saturated carbocycles. The van der Waals surface area contributed by atoms with Crippen LogP contribution in [0.25, 0.3) is 0 Å². The molecule has 1 fully saturated rings. The zero-order chi connectivity index (χ0) is 13.5. The van der Waals surface area contributed by atoms with Crippen LogP contribution in [-0.2, 0) is 4.79 Å². The summed E-state index contributed by atoms with van der Waals surface area (Å²) in [6.45, 7) is 6.03. The monoisotopic (exact) mass is 255 g/mol. The lowest BCUT2D eigenvalue weighted by molar-refractivity contribution is -0.119. The van der Waals surface area contributed by atoms with E-state index in [0.717, 1.165) is 13.0 Å². The van der Waals surface area contributed by atoms with E-state index in [-0.39, 0.29) is 11.9 Å². The molecule has 0 aromatic rings. The molecule has 0 heterocycles. The van der Waals surface area contributed by atoms with Crippen molar-refractivity contribution in [3.8, 4) is 0 Å². The Morgan fingerprint density at radius 3 is 2.39 bits per heavy atom. The van der Waals surface area contributed by atoms with Gasteiger partial charge in [-0.05, 0) is 31.7 Å². The Hall–Kier alpha value is -0.610. The summed E-state index contributed by atoms with van der Waals surface area (Å²) in [5, 5.41) is 0. The Morgan fingerprint density at radius 1 is 1.33 bits per heavy atom. The van der Waals surface area contributed by atoms with Crippen molar-refractivity contribution < 1.29 is 4.79 Å². The Kier molecular flexibility index (Phi) is 6.65. The lowest BCUT2D eigenvalue weighted by atomic mass is 10.0. The molecule has 4 nitrogen and oxygen atoms in total. The zero-order valence-electron chi connectivity index (χ0n) is 11.9. The van der Waals surface area contributed by atoms with Crippen molar-refractivity contribution >= 4 is 5.91 Å². The maximum atomic E-state index is 11.2. The van der Waals surface area contributed by atoms with Gasteiger partial charge in [0.2, 0.25) is 5.91 Å². The molecular formula is C14H29N3O. The van der Waals surface area contributed by atoms with E-state index in [1.807, 2.05) is 0 Å². The molecule has 1 atom stereocenters. The Bertz CT molecular complexity index is 249. The lowest BCUT2D eigenvalue weighted by Gasteiger charge is -2.36. The van der Waals surface area contributed by atoms with Gasteiger partial charge in [-0.15, -0.1) is 0 Å². The van der Waals surface area contributed by atoms with E-state index < -0.39 is 0 Å². The van der Waals surface area contributed by atoms with Crippen molar-refractivity contribution in [3.63, 3.8) is 0 Å². The molecule has 1 rings (SSSR count). The third kappa shape index (κ3) is 4.94. The largest absolute Gasteiger partial charge is 0.370 e. The topological polar surface area (TPSA) is 72.3 Å². The van der Waals surface area contributed by atoms with E-state index in [4.69, 9.17) is 11.5 Å². The number of nitrogens with zero attached hydrogens (tertiary/aromatic N) is 1. The summed E-state index contributed by atoms with van der Waals surface area (Å²) in [4.78, 5) is 13.6. The van der Waals surface area contributed by atoms with Crippen LogP contribution < -0.4 is 11.5 Å². The average molecular weight is 255 g/mol. The molecular weight excluding hydrogens is 226 g/mol. The number of rotatable bonds is 8. The van der Waals surface area contributed by atoms with Gasteiger partial charge in [-0.25, -0.2) is 0 Å². The van der Waals surface area contributed by atoms with Crippen LogP contribution in [0.2, 0.25) is 0 Å². The van der Waals surface area contributed by atoms with Crippen molar-refractivity contribution in [2.24, 2.45) is 17.4 Å². The van der Waals surface area contributed by atoms with E-state index >= 15 is 0 Å². The Labute approximate surface area is 111 Å². The fourth-order valence-corrected chi connectivity index (χ4v) is 2.87. The molecule has 0 bridgehead atoms. The second-order valence-electron chi connectivity index (χ2n) is 5.92. The maximum absolute atomic E-state index is 11.2. The van der Waals surface area contributed by atoms with Crippen LogP contribution >= 0.6 is 0 Å². The number of carbonyl (C=O) groups is 1. The van der Waals surface area contributed by atoms with Gasteiger partial charge < -0.3 is 11.5 Å². The molecule has 4 heteroatoms. The van der Waals surface area contributed by atoms with Crippen LogP contribution in [-0.4, -0.2) is 36.0 Å². The van der Waals surface area contributed by atoms with Gasteiger partial charge in [-0.1, -0.05) is 26.7 Å². The second-order valence-corrected chi connectivity index (χ2v) is 5.92. The number of amides is 1. The number of nitrogens with two attached hydrogens (primary N) is 2. The van der Waals surface area contributed by atoms with Gasteiger partial charge >= 0.3 is 0 Å². The van der Waals surface area contributed by atoms with Crippen molar-refractivity contribution in [1.82, 2.24) is 4.90 Å². The first kappa shape index (κ1) is 15.4. The third-order valence-corrected chi connectivity index (χ3v) is 3.94. The number of primary amides is 1. The number of hydrogen-bond acceptors (Lipinski definition) is 3. The predicted octanol–water partition coefficient (Wildman–Crippen LogP) is 1.48. The summed E-state index contributed by atoms with van der Waals surface area (Å²) >= 11 is 0. The molecule has 4 N–H and O–H groups in total. The molecule has 0 aliphatic heterocycles. The Morgan fingerprint density at radius 2 is 1.94 bits per heavy atom. The van der Waals surface area contributed by atoms with E-state index in [1.54, 1.807) is 0 Å². The number of hydrogen-bond donors (Lipinski definition) is 2. The summed E-state index contributed by atoms with van der Waals surface area (Å²) in [5.41, 5.74) is 11.2. The summed E-state index contributed by atoms with van der Waals surface area (Å²) in [7, 11) is 0. The van der Waals surface area contributed by atoms with Crippen LogP contribution in [0.5, 0.6) is 0 Å². The van der Waals surface area contributed by atoms with Crippen LogP contribution in [0, 0.1) is 5.92 Å². The highest BCUT2D eigenvalue weighted by molar-refractivity contribution is 5.74. The lowest BCUT2D eigenvalue weighted by Crippen LogP contribution is -2.48. The maximum Gasteiger partial charge on any atom is 0.219 e. The van der Waals surface area contributed by atoms with Crippen molar-refractivity contribution in [2.75, 3.05) is 13.1 Å². The third-order valence-electron chi connectivity index (χ3n) is 3.94.